The van der Waals surface area contributed by atoms with E-state index in [1.165, 1.54) is 29.6 Å². The fourth-order valence-electron chi connectivity index (χ4n) is 1.51. The van der Waals surface area contributed by atoms with Crippen LogP contribution in [0.25, 0.3) is 0 Å². The zero-order valence-corrected chi connectivity index (χ0v) is 12.3. The number of benzene rings is 1. The smallest absolute Gasteiger partial charge is 0.337 e. The third kappa shape index (κ3) is 3.68. The van der Waals surface area contributed by atoms with Crippen LogP contribution in [0, 0.1) is 0 Å². The molecule has 106 valence electrons. The Labute approximate surface area is 117 Å². The predicted octanol–water partition coefficient (Wildman–Crippen LogP) is 2.46. The monoisotopic (exact) mass is 305 g/mol. The van der Waals surface area contributed by atoms with Crippen LogP contribution in [-0.4, -0.2) is 37.4 Å². The Bertz CT molecular complexity index is 571. The Balaban J connectivity index is 3.09. The quantitative estimate of drug-likeness (QED) is 0.876. The summed E-state index contributed by atoms with van der Waals surface area (Å²) in [5.41, 5.74) is -0.114. The van der Waals surface area contributed by atoms with Crippen molar-refractivity contribution in [3.63, 3.8) is 0 Å². The number of hydrogen-bond acceptors (Lipinski definition) is 3. The Morgan fingerprint density at radius 2 is 2.05 bits per heavy atom. The van der Waals surface area contributed by atoms with Gasteiger partial charge in [0.2, 0.25) is 10.0 Å². The van der Waals surface area contributed by atoms with E-state index in [1.807, 2.05) is 6.92 Å². The molecule has 1 rings (SSSR count). The number of carboxylic acid groups (broad SMARTS) is 1. The summed E-state index contributed by atoms with van der Waals surface area (Å²) in [6, 6.07) is 3.63. The second-order valence-corrected chi connectivity index (χ2v) is 6.58. The predicted molar refractivity (Wildman–Crippen MR) is 73.1 cm³/mol. The maximum Gasteiger partial charge on any atom is 0.337 e. The van der Waals surface area contributed by atoms with E-state index in [0.717, 1.165) is 12.8 Å². The fraction of sp³-hybridized carbons (Fsp3) is 0.417. The van der Waals surface area contributed by atoms with Crippen LogP contribution in [0.3, 0.4) is 0 Å². The van der Waals surface area contributed by atoms with Crippen LogP contribution < -0.4 is 0 Å². The molecule has 0 aliphatic rings. The van der Waals surface area contributed by atoms with E-state index in [1.54, 1.807) is 0 Å². The largest absolute Gasteiger partial charge is 0.478 e. The molecule has 0 fully saturated rings. The summed E-state index contributed by atoms with van der Waals surface area (Å²) < 4.78 is 25.6. The molecule has 0 saturated heterocycles. The first-order chi connectivity index (χ1) is 8.80. The number of aromatic carboxylic acids is 1. The number of halogens is 1. The van der Waals surface area contributed by atoms with Crippen molar-refractivity contribution in [2.75, 3.05) is 13.6 Å². The molecule has 1 aromatic carbocycles. The second-order valence-electron chi connectivity index (χ2n) is 4.13. The number of nitrogens with zero attached hydrogens (tertiary/aromatic N) is 1. The molecule has 0 atom stereocenters. The van der Waals surface area contributed by atoms with Crippen LogP contribution in [-0.2, 0) is 10.0 Å². The van der Waals surface area contributed by atoms with Gasteiger partial charge in [-0.3, -0.25) is 0 Å². The van der Waals surface area contributed by atoms with Crippen LogP contribution in [0.5, 0.6) is 0 Å². The average Bonchev–Trinajstić information content (AvgIpc) is 2.35. The lowest BCUT2D eigenvalue weighted by molar-refractivity contribution is 0.0697. The zero-order chi connectivity index (χ0) is 14.6. The van der Waals surface area contributed by atoms with Crippen LogP contribution in [0.1, 0.15) is 30.1 Å². The molecule has 19 heavy (non-hydrogen) atoms. The highest BCUT2D eigenvalue weighted by Crippen LogP contribution is 2.23. The van der Waals surface area contributed by atoms with E-state index in [4.69, 9.17) is 16.7 Å². The molecule has 0 aliphatic carbocycles. The standard InChI is InChI=1S/C12H16ClNO4S/c1-3-4-7-14(2)19(17,18)9-5-6-10(12(15)16)11(13)8-9/h5-6,8H,3-4,7H2,1-2H3,(H,15,16). The first kappa shape index (κ1) is 15.9. The summed E-state index contributed by atoms with van der Waals surface area (Å²) in [7, 11) is -2.13. The van der Waals surface area contributed by atoms with E-state index in [0.29, 0.717) is 6.54 Å². The van der Waals surface area contributed by atoms with Crippen LogP contribution >= 0.6 is 11.6 Å². The fourth-order valence-corrected chi connectivity index (χ4v) is 3.07. The number of unbranched alkanes of at least 4 members (excludes halogenated alkanes) is 1. The molecule has 0 bridgehead atoms. The van der Waals surface area contributed by atoms with E-state index in [2.05, 4.69) is 0 Å². The van der Waals surface area contributed by atoms with Crippen molar-refractivity contribution in [2.24, 2.45) is 0 Å². The van der Waals surface area contributed by atoms with Crippen molar-refractivity contribution in [2.45, 2.75) is 24.7 Å². The zero-order valence-electron chi connectivity index (χ0n) is 10.8. The molecule has 0 spiro atoms. The topological polar surface area (TPSA) is 74.7 Å². The van der Waals surface area contributed by atoms with Crippen molar-refractivity contribution in [3.05, 3.63) is 28.8 Å². The normalized spacial score (nSPS) is 11.8. The summed E-state index contributed by atoms with van der Waals surface area (Å²) in [4.78, 5) is 10.8. The molecule has 0 saturated carbocycles. The number of hydrogen-bond donors (Lipinski definition) is 1. The van der Waals surface area contributed by atoms with E-state index >= 15 is 0 Å². The van der Waals surface area contributed by atoms with Crippen molar-refractivity contribution < 1.29 is 18.3 Å². The summed E-state index contributed by atoms with van der Waals surface area (Å²) in [5, 5.41) is 8.75. The third-order valence-corrected chi connectivity index (χ3v) is 4.87. The molecule has 5 nitrogen and oxygen atoms in total. The molecule has 7 heteroatoms. The SMILES string of the molecule is CCCCN(C)S(=O)(=O)c1ccc(C(=O)O)c(Cl)c1. The van der Waals surface area contributed by atoms with Gasteiger partial charge in [-0.15, -0.1) is 0 Å². The second kappa shape index (κ2) is 6.36. The van der Waals surface area contributed by atoms with Gasteiger partial charge in [0.25, 0.3) is 0 Å². The Morgan fingerprint density at radius 3 is 2.53 bits per heavy atom. The Hall–Kier alpha value is -1.11. The van der Waals surface area contributed by atoms with Crippen molar-refractivity contribution >= 4 is 27.6 Å². The summed E-state index contributed by atoms with van der Waals surface area (Å²) in [5.74, 6) is -1.19. The van der Waals surface area contributed by atoms with Gasteiger partial charge in [-0.25, -0.2) is 17.5 Å². The minimum absolute atomic E-state index is 0.00102. The first-order valence-electron chi connectivity index (χ1n) is 5.80. The number of carboxylic acids is 1. The molecule has 1 N–H and O–H groups in total. The van der Waals surface area contributed by atoms with E-state index in [9.17, 15) is 13.2 Å². The van der Waals surface area contributed by atoms with Gasteiger partial charge in [-0.2, -0.15) is 0 Å². The number of rotatable bonds is 6. The molecule has 0 unspecified atom stereocenters. The third-order valence-electron chi connectivity index (χ3n) is 2.71. The lowest BCUT2D eigenvalue weighted by Crippen LogP contribution is -2.28. The molecule has 0 aliphatic heterocycles. The van der Waals surface area contributed by atoms with Gasteiger partial charge >= 0.3 is 5.97 Å². The molecular formula is C12H16ClNO4S. The lowest BCUT2D eigenvalue weighted by Gasteiger charge is -2.17. The van der Waals surface area contributed by atoms with Gasteiger partial charge in [0.1, 0.15) is 0 Å². The maximum atomic E-state index is 12.2. The Morgan fingerprint density at radius 1 is 1.42 bits per heavy atom. The van der Waals surface area contributed by atoms with Crippen molar-refractivity contribution in [1.82, 2.24) is 4.31 Å². The summed E-state index contributed by atoms with van der Waals surface area (Å²) in [6.45, 7) is 2.39. The van der Waals surface area contributed by atoms with E-state index in [-0.39, 0.29) is 15.5 Å². The molecule has 0 amide bonds. The van der Waals surface area contributed by atoms with Gasteiger partial charge in [-0.1, -0.05) is 24.9 Å². The maximum absolute atomic E-state index is 12.2. The minimum Gasteiger partial charge on any atom is -0.478 e. The van der Waals surface area contributed by atoms with Crippen molar-refractivity contribution in [1.29, 1.82) is 0 Å². The lowest BCUT2D eigenvalue weighted by atomic mass is 10.2. The summed E-state index contributed by atoms with van der Waals surface area (Å²) >= 11 is 5.78. The van der Waals surface area contributed by atoms with Crippen LogP contribution in [0.4, 0.5) is 0 Å². The van der Waals surface area contributed by atoms with Gasteiger partial charge < -0.3 is 5.11 Å². The van der Waals surface area contributed by atoms with Crippen molar-refractivity contribution in [3.8, 4) is 0 Å². The minimum atomic E-state index is -3.62. The molecule has 1 aromatic rings. The highest BCUT2D eigenvalue weighted by atomic mass is 35.5. The molecule has 0 heterocycles. The van der Waals surface area contributed by atoms with Gasteiger partial charge in [-0.05, 0) is 24.6 Å². The first-order valence-corrected chi connectivity index (χ1v) is 7.61. The van der Waals surface area contributed by atoms with Gasteiger partial charge in [0, 0.05) is 13.6 Å². The molecule has 0 aromatic heterocycles. The van der Waals surface area contributed by atoms with E-state index < -0.39 is 16.0 Å². The van der Waals surface area contributed by atoms with Gasteiger partial charge in [0.15, 0.2) is 0 Å². The molecule has 0 radical (unpaired) electrons. The number of carbonyl (C=O) groups is 1. The Kier molecular flexibility index (Phi) is 5.34. The van der Waals surface area contributed by atoms with Gasteiger partial charge in [0.05, 0.1) is 15.5 Å². The highest BCUT2D eigenvalue weighted by Gasteiger charge is 2.22. The highest BCUT2D eigenvalue weighted by molar-refractivity contribution is 7.89. The number of sulfonamides is 1. The van der Waals surface area contributed by atoms with Crippen LogP contribution in [0.2, 0.25) is 5.02 Å². The van der Waals surface area contributed by atoms with Crippen LogP contribution in [0.15, 0.2) is 23.1 Å². The average molecular weight is 306 g/mol. The summed E-state index contributed by atoms with van der Waals surface area (Å²) in [6.07, 6.45) is 1.65. The molecular weight excluding hydrogens is 290 g/mol.